The highest BCUT2D eigenvalue weighted by atomic mass is 16.1. The number of nitrogens with one attached hydrogen (secondary N) is 1. The van der Waals surface area contributed by atoms with Crippen LogP contribution in [0.1, 0.15) is 17.9 Å². The summed E-state index contributed by atoms with van der Waals surface area (Å²) in [6.07, 6.45) is 6.30. The average molecular weight is 272 g/mol. The summed E-state index contributed by atoms with van der Waals surface area (Å²) >= 11 is 0. The minimum Gasteiger partial charge on any atom is -0.355 e. The summed E-state index contributed by atoms with van der Waals surface area (Å²) in [5, 5.41) is 2.94. The normalized spacial score (nSPS) is 12.1. The van der Waals surface area contributed by atoms with Crippen LogP contribution in [0.25, 0.3) is 0 Å². The molecular weight excluding hydrogens is 252 g/mol. The third-order valence-corrected chi connectivity index (χ3v) is 3.21. The fourth-order valence-corrected chi connectivity index (χ4v) is 2.10. The Balaban J connectivity index is 1.78. The molecule has 106 valence electrons. The van der Waals surface area contributed by atoms with Crippen LogP contribution in [0.4, 0.5) is 0 Å². The topological polar surface area (TPSA) is 72.9 Å². The zero-order chi connectivity index (χ0) is 14.2. The number of aryl methyl sites for hydroxylation is 1. The maximum Gasteiger partial charge on any atom is 0.228 e. The van der Waals surface area contributed by atoms with Crippen molar-refractivity contribution in [2.45, 2.75) is 18.9 Å². The number of benzene rings is 1. The monoisotopic (exact) mass is 272 g/mol. The third kappa shape index (κ3) is 3.93. The molecular formula is C15H20N4O. The van der Waals surface area contributed by atoms with Gasteiger partial charge in [-0.05, 0) is 12.0 Å². The number of nitrogens with zero attached hydrogens (tertiary/aromatic N) is 2. The molecule has 0 aliphatic carbocycles. The van der Waals surface area contributed by atoms with Gasteiger partial charge in [0, 0.05) is 32.0 Å². The summed E-state index contributed by atoms with van der Waals surface area (Å²) in [5.41, 5.74) is 6.67. The van der Waals surface area contributed by atoms with E-state index >= 15 is 0 Å². The van der Waals surface area contributed by atoms with Crippen LogP contribution in [0.2, 0.25) is 0 Å². The van der Waals surface area contributed by atoms with Gasteiger partial charge >= 0.3 is 0 Å². The predicted molar refractivity (Wildman–Crippen MR) is 78.1 cm³/mol. The lowest BCUT2D eigenvalue weighted by atomic mass is 9.98. The summed E-state index contributed by atoms with van der Waals surface area (Å²) < 4.78 is 1.99. The number of hydrogen-bond acceptors (Lipinski definition) is 3. The van der Waals surface area contributed by atoms with Crippen LogP contribution in [0, 0.1) is 0 Å². The molecule has 0 spiro atoms. The Kier molecular flexibility index (Phi) is 5.32. The zero-order valence-electron chi connectivity index (χ0n) is 11.4. The van der Waals surface area contributed by atoms with Crippen molar-refractivity contribution in [1.29, 1.82) is 0 Å². The van der Waals surface area contributed by atoms with E-state index in [1.54, 1.807) is 12.5 Å². The van der Waals surface area contributed by atoms with Gasteiger partial charge in [-0.25, -0.2) is 4.98 Å². The van der Waals surface area contributed by atoms with Crippen molar-refractivity contribution in [3.05, 3.63) is 54.6 Å². The smallest absolute Gasteiger partial charge is 0.228 e. The highest BCUT2D eigenvalue weighted by Crippen LogP contribution is 2.13. The summed E-state index contributed by atoms with van der Waals surface area (Å²) in [7, 11) is 0. The molecule has 5 heteroatoms. The number of rotatable bonds is 7. The van der Waals surface area contributed by atoms with Crippen LogP contribution in [0.15, 0.2) is 49.1 Å². The van der Waals surface area contributed by atoms with Gasteiger partial charge in [-0.1, -0.05) is 30.3 Å². The van der Waals surface area contributed by atoms with Crippen LogP contribution in [-0.2, 0) is 11.3 Å². The molecule has 3 N–H and O–H groups in total. The van der Waals surface area contributed by atoms with E-state index in [1.807, 2.05) is 41.1 Å². The Bertz CT molecular complexity index is 510. The molecule has 0 bridgehead atoms. The molecule has 2 rings (SSSR count). The molecule has 1 aromatic carbocycles. The molecule has 0 fully saturated rings. The van der Waals surface area contributed by atoms with Crippen LogP contribution in [-0.4, -0.2) is 28.5 Å². The lowest BCUT2D eigenvalue weighted by Gasteiger charge is -2.15. The number of carbonyl (C=O) groups excluding carboxylic acids is 1. The van der Waals surface area contributed by atoms with Gasteiger partial charge in [0.05, 0.1) is 12.2 Å². The van der Waals surface area contributed by atoms with Crippen LogP contribution in [0.5, 0.6) is 0 Å². The Morgan fingerprint density at radius 3 is 2.80 bits per heavy atom. The van der Waals surface area contributed by atoms with Crippen LogP contribution < -0.4 is 11.1 Å². The van der Waals surface area contributed by atoms with E-state index in [1.165, 1.54) is 0 Å². The van der Waals surface area contributed by atoms with Crippen molar-refractivity contribution in [2.24, 2.45) is 5.73 Å². The lowest BCUT2D eigenvalue weighted by molar-refractivity contribution is -0.122. The number of nitrogens with two attached hydrogens (primary N) is 1. The summed E-state index contributed by atoms with van der Waals surface area (Å²) in [6.45, 7) is 1.80. The number of aromatic nitrogens is 2. The van der Waals surface area contributed by atoms with Crippen molar-refractivity contribution < 1.29 is 4.79 Å². The fourth-order valence-electron chi connectivity index (χ4n) is 2.10. The first-order chi connectivity index (χ1) is 9.81. The molecule has 1 unspecified atom stereocenters. The van der Waals surface area contributed by atoms with E-state index in [0.29, 0.717) is 13.1 Å². The quantitative estimate of drug-likeness (QED) is 0.742. The standard InChI is InChI=1S/C15H20N4O/c16-11-14(13-5-2-1-3-6-13)15(20)18-7-4-9-19-10-8-17-12-19/h1-3,5-6,8,10,12,14H,4,7,9,11,16H2,(H,18,20). The number of imidazole rings is 1. The summed E-state index contributed by atoms with van der Waals surface area (Å²) in [4.78, 5) is 16.1. The maximum atomic E-state index is 12.1. The van der Waals surface area contributed by atoms with Crippen molar-refractivity contribution in [3.8, 4) is 0 Å². The number of amides is 1. The van der Waals surface area contributed by atoms with Crippen molar-refractivity contribution in [1.82, 2.24) is 14.9 Å². The van der Waals surface area contributed by atoms with Gasteiger partial charge in [0.15, 0.2) is 0 Å². The molecule has 0 aliphatic heterocycles. The Labute approximate surface area is 118 Å². The van der Waals surface area contributed by atoms with Gasteiger partial charge in [-0.15, -0.1) is 0 Å². The number of carbonyl (C=O) groups is 1. The van der Waals surface area contributed by atoms with E-state index in [2.05, 4.69) is 10.3 Å². The van der Waals surface area contributed by atoms with E-state index in [9.17, 15) is 4.79 Å². The molecule has 20 heavy (non-hydrogen) atoms. The third-order valence-electron chi connectivity index (χ3n) is 3.21. The first-order valence-corrected chi connectivity index (χ1v) is 6.79. The molecule has 1 amide bonds. The first kappa shape index (κ1) is 14.3. The van der Waals surface area contributed by atoms with Crippen molar-refractivity contribution >= 4 is 5.91 Å². The second kappa shape index (κ2) is 7.45. The SMILES string of the molecule is NCC(C(=O)NCCCn1ccnc1)c1ccccc1. The first-order valence-electron chi connectivity index (χ1n) is 6.79. The van der Waals surface area contributed by atoms with Gasteiger partial charge in [-0.3, -0.25) is 4.79 Å². The van der Waals surface area contributed by atoms with Gasteiger partial charge in [-0.2, -0.15) is 0 Å². The molecule has 1 atom stereocenters. The van der Waals surface area contributed by atoms with Gasteiger partial charge < -0.3 is 15.6 Å². The van der Waals surface area contributed by atoms with Crippen LogP contribution >= 0.6 is 0 Å². The Morgan fingerprint density at radius 2 is 2.15 bits per heavy atom. The molecule has 5 nitrogen and oxygen atoms in total. The summed E-state index contributed by atoms with van der Waals surface area (Å²) in [6, 6.07) is 9.64. The minimum absolute atomic E-state index is 0.00988. The fraction of sp³-hybridized carbons (Fsp3) is 0.333. The molecule has 2 aromatic rings. The second-order valence-electron chi connectivity index (χ2n) is 4.64. The average Bonchev–Trinajstić information content (AvgIpc) is 2.99. The molecule has 1 heterocycles. The Morgan fingerprint density at radius 1 is 1.35 bits per heavy atom. The van der Waals surface area contributed by atoms with E-state index in [-0.39, 0.29) is 11.8 Å². The molecule has 0 saturated heterocycles. The largest absolute Gasteiger partial charge is 0.355 e. The predicted octanol–water partition coefficient (Wildman–Crippen LogP) is 1.13. The molecule has 0 aliphatic rings. The second-order valence-corrected chi connectivity index (χ2v) is 4.64. The molecule has 0 saturated carbocycles. The van der Waals surface area contributed by atoms with Crippen molar-refractivity contribution in [2.75, 3.05) is 13.1 Å². The Hall–Kier alpha value is -2.14. The van der Waals surface area contributed by atoms with Crippen LogP contribution in [0.3, 0.4) is 0 Å². The minimum atomic E-state index is -0.274. The van der Waals surface area contributed by atoms with Gasteiger partial charge in [0.2, 0.25) is 5.91 Å². The van der Waals surface area contributed by atoms with E-state index in [4.69, 9.17) is 5.73 Å². The molecule has 1 aromatic heterocycles. The number of hydrogen-bond donors (Lipinski definition) is 2. The highest BCUT2D eigenvalue weighted by molar-refractivity contribution is 5.83. The molecule has 0 radical (unpaired) electrons. The lowest BCUT2D eigenvalue weighted by Crippen LogP contribution is -2.34. The van der Waals surface area contributed by atoms with Gasteiger partial charge in [0.1, 0.15) is 0 Å². The summed E-state index contributed by atoms with van der Waals surface area (Å²) in [5.74, 6) is -0.284. The maximum absolute atomic E-state index is 12.1. The van der Waals surface area contributed by atoms with Gasteiger partial charge in [0.25, 0.3) is 0 Å². The van der Waals surface area contributed by atoms with E-state index in [0.717, 1.165) is 18.5 Å². The highest BCUT2D eigenvalue weighted by Gasteiger charge is 2.17. The van der Waals surface area contributed by atoms with E-state index < -0.39 is 0 Å². The van der Waals surface area contributed by atoms with Crippen molar-refractivity contribution in [3.63, 3.8) is 0 Å². The zero-order valence-corrected chi connectivity index (χ0v) is 11.4.